The number of hydrogen-bond acceptors (Lipinski definition) is 6. The Hall–Kier alpha value is -0.361. The predicted octanol–water partition coefficient (Wildman–Crippen LogP) is 11.2. The number of thiocarbonyl (C=S) groups is 2. The summed E-state index contributed by atoms with van der Waals surface area (Å²) in [6.07, 6.45) is 19.6. The standard InChI is InChI=1S/C14H20N2S2.C14H16N2S2.2CNS.Fe/c2*1-3-7-15-11(5-1)13(14-17-9-10-18-14)12-6-2-4-8-16-12;2*2-1-3;/h9-12H,1-8H2;1,3,5,7,9-12H,2,4,6,8H2;;;/q2*-2;2*-1;+6. The van der Waals surface area contributed by atoms with Crippen molar-refractivity contribution in [2.45, 2.75) is 82.0 Å². The van der Waals surface area contributed by atoms with Crippen LogP contribution < -0.4 is 0 Å². The largest absolute Gasteiger partial charge is 6.00 e. The van der Waals surface area contributed by atoms with E-state index in [1.54, 1.807) is 5.57 Å². The van der Waals surface area contributed by atoms with Gasteiger partial charge in [0, 0.05) is 8.47 Å². The van der Waals surface area contributed by atoms with E-state index in [-0.39, 0.29) is 23.1 Å². The van der Waals surface area contributed by atoms with Gasteiger partial charge in [-0.2, -0.15) is 16.5 Å². The van der Waals surface area contributed by atoms with Crippen molar-refractivity contribution in [1.82, 2.24) is 0 Å². The fraction of sp³-hybridized carbons (Fsp3) is 0.533. The van der Waals surface area contributed by atoms with Crippen LogP contribution in [0.25, 0.3) is 32.1 Å². The van der Waals surface area contributed by atoms with Gasteiger partial charge in [-0.05, 0) is 21.6 Å². The molecular formula is C30H36FeN6S6. The zero-order chi connectivity index (χ0) is 29.8. The maximum Gasteiger partial charge on any atom is 6.00 e. The van der Waals surface area contributed by atoms with E-state index >= 15 is 0 Å². The molecule has 6 heterocycles. The number of thioether (sulfide) groups is 4. The summed E-state index contributed by atoms with van der Waals surface area (Å²) in [5.41, 5.74) is 2.96. The first kappa shape index (κ1) is 38.8. The van der Waals surface area contributed by atoms with Crippen LogP contribution in [-0.2, 0) is 17.1 Å². The molecule has 4 atom stereocenters. The number of hydrogen-bond donors (Lipinski definition) is 0. The van der Waals surface area contributed by atoms with Crippen LogP contribution in [0, 0.1) is 0 Å². The summed E-state index contributed by atoms with van der Waals surface area (Å²) in [5.74, 6) is 0. The summed E-state index contributed by atoms with van der Waals surface area (Å²) in [5, 5.41) is 44.8. The molecule has 0 N–H and O–H groups in total. The van der Waals surface area contributed by atoms with Gasteiger partial charge in [0.05, 0.1) is 0 Å². The third-order valence-electron chi connectivity index (χ3n) is 7.12. The minimum atomic E-state index is 0. The SMILES string of the molecule is C1=CSC(=C(C2CCCC[N-]2)C2CCCC[N-]2)S1.C1=C[N-]C(C(=C2SC=CS2)C2CCCC[N-]2)C=C1.[Fe+6].[N-]=C=S.[N-]=C=S. The van der Waals surface area contributed by atoms with Gasteiger partial charge in [-0.1, -0.05) is 165 Å². The van der Waals surface area contributed by atoms with E-state index in [9.17, 15) is 0 Å². The van der Waals surface area contributed by atoms with Gasteiger partial charge in [-0.25, -0.2) is 0 Å². The van der Waals surface area contributed by atoms with Gasteiger partial charge >= 0.3 is 17.1 Å². The van der Waals surface area contributed by atoms with Gasteiger partial charge in [0.2, 0.25) is 0 Å². The molecule has 0 saturated carbocycles. The second-order valence-electron chi connectivity index (χ2n) is 9.76. The average molecular weight is 729 g/mol. The third kappa shape index (κ3) is 13.5. The zero-order valence-corrected chi connectivity index (χ0v) is 29.9. The summed E-state index contributed by atoms with van der Waals surface area (Å²) in [7, 11) is 0. The molecule has 0 aromatic carbocycles. The molecule has 0 amide bonds. The van der Waals surface area contributed by atoms with E-state index in [0.717, 1.165) is 19.6 Å². The average Bonchev–Trinajstić information content (AvgIpc) is 3.77. The molecule has 6 aliphatic heterocycles. The van der Waals surface area contributed by atoms with Crippen LogP contribution >= 0.6 is 71.5 Å². The fourth-order valence-corrected chi connectivity index (χ4v) is 9.45. The Morgan fingerprint density at radius 2 is 1.05 bits per heavy atom. The number of nitrogens with zero attached hydrogens (tertiary/aromatic N) is 6. The minimum Gasteiger partial charge on any atom is -0.753 e. The molecule has 13 heteroatoms. The number of piperidine rings is 3. The van der Waals surface area contributed by atoms with Gasteiger partial charge in [0.15, 0.2) is 0 Å². The Morgan fingerprint density at radius 3 is 1.40 bits per heavy atom. The first-order chi connectivity index (χ1) is 20.7. The Balaban J connectivity index is 0.000000249. The van der Waals surface area contributed by atoms with E-state index in [1.807, 2.05) is 59.3 Å². The van der Waals surface area contributed by atoms with Gasteiger partial charge in [-0.15, -0.1) is 37.8 Å². The van der Waals surface area contributed by atoms with Gasteiger partial charge in [0.1, 0.15) is 0 Å². The van der Waals surface area contributed by atoms with E-state index in [0.29, 0.717) is 18.1 Å². The van der Waals surface area contributed by atoms with Crippen LogP contribution in [0.2, 0.25) is 0 Å². The van der Waals surface area contributed by atoms with Crippen LogP contribution in [0.5, 0.6) is 0 Å². The number of allylic oxidation sites excluding steroid dienone is 2. The molecule has 4 unspecified atom stereocenters. The van der Waals surface area contributed by atoms with Crippen LogP contribution in [-0.4, -0.2) is 54.1 Å². The third-order valence-corrected chi connectivity index (χ3v) is 11.5. The quantitative estimate of drug-likeness (QED) is 0.162. The van der Waals surface area contributed by atoms with E-state index in [2.05, 4.69) is 63.5 Å². The predicted molar refractivity (Wildman–Crippen MR) is 198 cm³/mol. The molecule has 6 rings (SSSR count). The molecule has 43 heavy (non-hydrogen) atoms. The second kappa shape index (κ2) is 23.9. The maximum atomic E-state index is 7.13. The van der Waals surface area contributed by atoms with Crippen molar-refractivity contribution in [2.75, 3.05) is 19.6 Å². The Morgan fingerprint density at radius 1 is 0.651 bits per heavy atom. The molecule has 0 spiro atoms. The fourth-order valence-electron chi connectivity index (χ4n) is 5.35. The molecule has 3 saturated heterocycles. The molecule has 230 valence electrons. The molecule has 0 aliphatic carbocycles. The number of rotatable bonds is 4. The molecule has 0 aromatic heterocycles. The van der Waals surface area contributed by atoms with Crippen molar-refractivity contribution in [3.63, 3.8) is 0 Å². The maximum absolute atomic E-state index is 7.13. The van der Waals surface area contributed by atoms with E-state index in [4.69, 9.17) is 26.8 Å². The Bertz CT molecular complexity index is 1040. The first-order valence-corrected chi connectivity index (χ1v) is 18.6. The second-order valence-corrected chi connectivity index (χ2v) is 14.3. The van der Waals surface area contributed by atoms with Gasteiger partial charge in [0.25, 0.3) is 0 Å². The first-order valence-electron chi connectivity index (χ1n) is 14.2. The molecule has 6 nitrogen and oxygen atoms in total. The van der Waals surface area contributed by atoms with Crippen molar-refractivity contribution in [3.05, 3.63) is 97.8 Å². The summed E-state index contributed by atoms with van der Waals surface area (Å²) >= 11 is 14.8. The van der Waals surface area contributed by atoms with Crippen LogP contribution in [0.4, 0.5) is 0 Å². The summed E-state index contributed by atoms with van der Waals surface area (Å²) in [6.45, 7) is 3.12. The number of isothiocyanates is 2. The zero-order valence-electron chi connectivity index (χ0n) is 23.9. The molecule has 0 radical (unpaired) electrons. The van der Waals surface area contributed by atoms with Crippen LogP contribution in [0.15, 0.2) is 65.7 Å². The Labute approximate surface area is 296 Å². The smallest absolute Gasteiger partial charge is 0.753 e. The van der Waals surface area contributed by atoms with Crippen molar-refractivity contribution >= 4 is 81.8 Å². The summed E-state index contributed by atoms with van der Waals surface area (Å²) < 4.78 is 2.86. The van der Waals surface area contributed by atoms with Crippen molar-refractivity contribution < 1.29 is 17.1 Å². The normalized spacial score (nSPS) is 26.9. The minimum absolute atomic E-state index is 0. The van der Waals surface area contributed by atoms with Gasteiger partial charge < -0.3 is 32.1 Å². The summed E-state index contributed by atoms with van der Waals surface area (Å²) in [6, 6.07) is 1.48. The van der Waals surface area contributed by atoms with Crippen molar-refractivity contribution in [1.29, 1.82) is 0 Å². The molecule has 0 aromatic rings. The molecule has 3 fully saturated rings. The monoisotopic (exact) mass is 728 g/mol. The molecule has 0 bridgehead atoms. The van der Waals surface area contributed by atoms with Crippen molar-refractivity contribution in [3.8, 4) is 0 Å². The molecule has 6 aliphatic rings. The van der Waals surface area contributed by atoms with Crippen LogP contribution in [0.1, 0.15) is 57.8 Å². The topological polar surface area (TPSA) is 101 Å². The molecular weight excluding hydrogens is 693 g/mol. The van der Waals surface area contributed by atoms with Crippen molar-refractivity contribution in [2.24, 2.45) is 0 Å². The van der Waals surface area contributed by atoms with E-state index in [1.165, 1.54) is 82.2 Å². The van der Waals surface area contributed by atoms with Crippen LogP contribution in [0.3, 0.4) is 0 Å². The Kier molecular flexibility index (Phi) is 21.6. The summed E-state index contributed by atoms with van der Waals surface area (Å²) in [4.78, 5) is 0. The van der Waals surface area contributed by atoms with Gasteiger partial charge in [-0.3, -0.25) is 0 Å². The van der Waals surface area contributed by atoms with E-state index < -0.39 is 0 Å².